The number of hydrogen-bond acceptors (Lipinski definition) is 2. The molecule has 1 aromatic carbocycles. The van der Waals surface area contributed by atoms with Gasteiger partial charge in [0.2, 0.25) is 0 Å². The van der Waals surface area contributed by atoms with Gasteiger partial charge in [-0.3, -0.25) is 4.79 Å². The molecule has 0 aliphatic rings. The van der Waals surface area contributed by atoms with Gasteiger partial charge in [-0.2, -0.15) is 5.10 Å². The Hall–Kier alpha value is -1.32. The molecule has 0 saturated carbocycles. The summed E-state index contributed by atoms with van der Waals surface area (Å²) in [6.07, 6.45) is 3.80. The number of carbonyl (C=O) groups excluding carboxylic acids is 1. The zero-order valence-electron chi connectivity index (χ0n) is 7.52. The first-order valence-corrected chi connectivity index (χ1v) is 4.91. The Kier molecular flexibility index (Phi) is 2.75. The van der Waals surface area contributed by atoms with Gasteiger partial charge in [-0.1, -0.05) is 23.2 Å². The molecule has 0 aliphatic heterocycles. The molecule has 2 rings (SSSR count). The lowest BCUT2D eigenvalue weighted by atomic mass is 10.3. The average molecular weight is 241 g/mol. The van der Waals surface area contributed by atoms with Gasteiger partial charge in [0, 0.05) is 11.2 Å². The molecule has 0 fully saturated rings. The van der Waals surface area contributed by atoms with Crippen LogP contribution in [0.3, 0.4) is 0 Å². The predicted molar refractivity (Wildman–Crippen MR) is 59.0 cm³/mol. The molecule has 0 radical (unpaired) electrons. The van der Waals surface area contributed by atoms with Crippen LogP contribution in [0, 0.1) is 0 Å². The molecule has 0 bridgehead atoms. The van der Waals surface area contributed by atoms with E-state index in [-0.39, 0.29) is 0 Å². The molecule has 0 amide bonds. The maximum absolute atomic E-state index is 10.5. The number of nitrogens with zero attached hydrogens (tertiary/aromatic N) is 2. The van der Waals surface area contributed by atoms with Crippen LogP contribution in [0.25, 0.3) is 5.69 Å². The van der Waals surface area contributed by atoms with E-state index < -0.39 is 0 Å². The van der Waals surface area contributed by atoms with Crippen LogP contribution in [0.2, 0.25) is 10.0 Å². The second-order valence-corrected chi connectivity index (χ2v) is 3.78. The van der Waals surface area contributed by atoms with Gasteiger partial charge in [-0.25, -0.2) is 4.68 Å². The first-order chi connectivity index (χ1) is 7.20. The van der Waals surface area contributed by atoms with E-state index in [1.54, 1.807) is 24.4 Å². The van der Waals surface area contributed by atoms with E-state index in [0.717, 1.165) is 6.29 Å². The van der Waals surface area contributed by atoms with Gasteiger partial charge >= 0.3 is 0 Å². The van der Waals surface area contributed by atoms with Crippen LogP contribution in [-0.2, 0) is 0 Å². The summed E-state index contributed by atoms with van der Waals surface area (Å²) in [4.78, 5) is 10.5. The molecule has 5 heteroatoms. The number of aromatic nitrogens is 2. The lowest BCUT2D eigenvalue weighted by Gasteiger charge is -2.03. The number of benzene rings is 1. The maximum atomic E-state index is 10.5. The summed E-state index contributed by atoms with van der Waals surface area (Å²) >= 11 is 11.7. The van der Waals surface area contributed by atoms with E-state index >= 15 is 0 Å². The summed E-state index contributed by atoms with van der Waals surface area (Å²) in [6, 6.07) is 5.08. The third kappa shape index (κ3) is 2.03. The number of rotatable bonds is 2. The molecular formula is C10H6Cl2N2O. The molecule has 0 saturated heterocycles. The second-order valence-electron chi connectivity index (χ2n) is 2.93. The first kappa shape index (κ1) is 10.2. The van der Waals surface area contributed by atoms with Crippen LogP contribution in [0.4, 0.5) is 0 Å². The Morgan fingerprint density at radius 1 is 1.33 bits per heavy atom. The van der Waals surface area contributed by atoms with Gasteiger partial charge in [0.1, 0.15) is 0 Å². The molecule has 0 aliphatic carbocycles. The van der Waals surface area contributed by atoms with Crippen molar-refractivity contribution in [2.45, 2.75) is 0 Å². The van der Waals surface area contributed by atoms with Crippen LogP contribution in [0.15, 0.2) is 30.6 Å². The van der Waals surface area contributed by atoms with Crippen molar-refractivity contribution in [3.63, 3.8) is 0 Å². The first-order valence-electron chi connectivity index (χ1n) is 4.16. The molecule has 3 nitrogen and oxygen atoms in total. The molecule has 0 unspecified atom stereocenters. The molecule has 0 spiro atoms. The van der Waals surface area contributed by atoms with Gasteiger partial charge < -0.3 is 0 Å². The van der Waals surface area contributed by atoms with E-state index in [4.69, 9.17) is 23.2 Å². The van der Waals surface area contributed by atoms with E-state index in [2.05, 4.69) is 5.10 Å². The lowest BCUT2D eigenvalue weighted by Crippen LogP contribution is -1.94. The zero-order valence-corrected chi connectivity index (χ0v) is 9.03. The van der Waals surface area contributed by atoms with E-state index in [9.17, 15) is 4.79 Å². The molecule has 15 heavy (non-hydrogen) atoms. The molecule has 1 aromatic heterocycles. The minimum atomic E-state index is 0.489. The topological polar surface area (TPSA) is 34.9 Å². The Morgan fingerprint density at radius 3 is 2.73 bits per heavy atom. The van der Waals surface area contributed by atoms with Crippen LogP contribution < -0.4 is 0 Å². The van der Waals surface area contributed by atoms with Crippen LogP contribution in [0.5, 0.6) is 0 Å². The van der Waals surface area contributed by atoms with Crippen molar-refractivity contribution in [3.8, 4) is 5.69 Å². The van der Waals surface area contributed by atoms with Crippen molar-refractivity contribution >= 4 is 29.5 Å². The van der Waals surface area contributed by atoms with Crippen molar-refractivity contribution in [1.82, 2.24) is 9.78 Å². The Labute approximate surface area is 96.2 Å². The maximum Gasteiger partial charge on any atom is 0.153 e. The summed E-state index contributed by atoms with van der Waals surface area (Å²) in [7, 11) is 0. The lowest BCUT2D eigenvalue weighted by molar-refractivity contribution is 0.112. The fraction of sp³-hybridized carbons (Fsp3) is 0. The van der Waals surface area contributed by atoms with Crippen LogP contribution in [0.1, 0.15) is 10.4 Å². The predicted octanol–water partition coefficient (Wildman–Crippen LogP) is 2.99. The van der Waals surface area contributed by atoms with Crippen molar-refractivity contribution < 1.29 is 4.79 Å². The highest BCUT2D eigenvalue weighted by Gasteiger charge is 2.05. The summed E-state index contributed by atoms with van der Waals surface area (Å²) < 4.78 is 1.53. The highest BCUT2D eigenvalue weighted by molar-refractivity contribution is 6.35. The number of aldehydes is 1. The van der Waals surface area contributed by atoms with Gasteiger partial charge in [0.25, 0.3) is 0 Å². The van der Waals surface area contributed by atoms with Gasteiger partial charge in [-0.15, -0.1) is 0 Å². The largest absolute Gasteiger partial charge is 0.298 e. The van der Waals surface area contributed by atoms with Gasteiger partial charge in [0.15, 0.2) is 6.29 Å². The van der Waals surface area contributed by atoms with Crippen molar-refractivity contribution in [2.24, 2.45) is 0 Å². The molecule has 2 aromatic rings. The third-order valence-corrected chi connectivity index (χ3v) is 2.43. The zero-order chi connectivity index (χ0) is 10.8. The minimum Gasteiger partial charge on any atom is -0.298 e. The Balaban J connectivity index is 2.49. The Bertz CT molecular complexity index is 508. The van der Waals surface area contributed by atoms with Crippen molar-refractivity contribution in [1.29, 1.82) is 0 Å². The molecule has 0 atom stereocenters. The fourth-order valence-electron chi connectivity index (χ4n) is 1.20. The SMILES string of the molecule is O=Cc1cnn(-c2ccc(Cl)cc2Cl)c1. The van der Waals surface area contributed by atoms with Gasteiger partial charge in [0.05, 0.1) is 22.5 Å². The van der Waals surface area contributed by atoms with E-state index in [1.807, 2.05) is 0 Å². The standard InChI is InChI=1S/C10H6Cl2N2O/c11-8-1-2-10(9(12)3-8)14-5-7(6-15)4-13-14/h1-6H. The quantitative estimate of drug-likeness (QED) is 0.757. The summed E-state index contributed by atoms with van der Waals surface area (Å²) in [5.41, 5.74) is 1.19. The number of hydrogen-bond donors (Lipinski definition) is 0. The smallest absolute Gasteiger partial charge is 0.153 e. The fourth-order valence-corrected chi connectivity index (χ4v) is 1.69. The summed E-state index contributed by atoms with van der Waals surface area (Å²) in [5.74, 6) is 0. The number of halogens is 2. The normalized spacial score (nSPS) is 10.3. The summed E-state index contributed by atoms with van der Waals surface area (Å²) in [6.45, 7) is 0. The van der Waals surface area contributed by atoms with Crippen LogP contribution in [-0.4, -0.2) is 16.1 Å². The monoisotopic (exact) mass is 240 g/mol. The highest BCUT2D eigenvalue weighted by atomic mass is 35.5. The molecular weight excluding hydrogens is 235 g/mol. The summed E-state index contributed by atoms with van der Waals surface area (Å²) in [5, 5.41) is 5.06. The van der Waals surface area contributed by atoms with Crippen molar-refractivity contribution in [2.75, 3.05) is 0 Å². The van der Waals surface area contributed by atoms with E-state index in [0.29, 0.717) is 21.3 Å². The molecule has 76 valence electrons. The minimum absolute atomic E-state index is 0.489. The highest BCUT2D eigenvalue weighted by Crippen LogP contribution is 2.23. The number of carbonyl (C=O) groups is 1. The van der Waals surface area contributed by atoms with Crippen molar-refractivity contribution in [3.05, 3.63) is 46.2 Å². The third-order valence-electron chi connectivity index (χ3n) is 1.90. The van der Waals surface area contributed by atoms with E-state index in [1.165, 1.54) is 10.9 Å². The van der Waals surface area contributed by atoms with Gasteiger partial charge in [-0.05, 0) is 18.2 Å². The Morgan fingerprint density at radius 2 is 2.13 bits per heavy atom. The average Bonchev–Trinajstić information content (AvgIpc) is 2.66. The molecule has 0 N–H and O–H groups in total. The second kappa shape index (κ2) is 4.04. The molecule has 1 heterocycles. The van der Waals surface area contributed by atoms with Crippen LogP contribution >= 0.6 is 23.2 Å².